The predicted molar refractivity (Wildman–Crippen MR) is 65.7 cm³/mol. The lowest BCUT2D eigenvalue weighted by atomic mass is 9.99. The van der Waals surface area contributed by atoms with Crippen LogP contribution in [0.15, 0.2) is 16.9 Å². The van der Waals surface area contributed by atoms with Gasteiger partial charge in [0.05, 0.1) is 5.92 Å². The molecule has 1 aliphatic rings. The maximum absolute atomic E-state index is 12.2. The largest absolute Gasteiger partial charge is 0.481 e. The Morgan fingerprint density at radius 3 is 2.58 bits per heavy atom. The Bertz CT molecular complexity index is 581. The maximum atomic E-state index is 12.2. The van der Waals surface area contributed by atoms with E-state index in [-0.39, 0.29) is 29.6 Å². The smallest absolute Gasteiger partial charge is 0.308 e. The molecule has 1 aliphatic heterocycles. The SMILES string of the molecule is C[C@@H]1CN(C(=O)c2ccc(=O)n(C)n2)C[C@H]1C(=O)O. The van der Waals surface area contributed by atoms with E-state index in [2.05, 4.69) is 5.10 Å². The third-order valence-corrected chi connectivity index (χ3v) is 3.40. The number of carbonyl (C=O) groups is 2. The van der Waals surface area contributed by atoms with Crippen molar-refractivity contribution in [2.45, 2.75) is 6.92 Å². The molecule has 0 bridgehead atoms. The molecule has 1 amide bonds. The Morgan fingerprint density at radius 2 is 2.05 bits per heavy atom. The minimum atomic E-state index is -0.892. The second kappa shape index (κ2) is 4.83. The Hall–Kier alpha value is -2.18. The van der Waals surface area contributed by atoms with E-state index in [4.69, 9.17) is 5.11 Å². The number of carboxylic acids is 1. The minimum Gasteiger partial charge on any atom is -0.481 e. The van der Waals surface area contributed by atoms with Gasteiger partial charge in [0.25, 0.3) is 11.5 Å². The fraction of sp³-hybridized carbons (Fsp3) is 0.500. The second-order valence-corrected chi connectivity index (χ2v) is 4.81. The van der Waals surface area contributed by atoms with Gasteiger partial charge in [0.15, 0.2) is 0 Å². The number of hydrogen-bond acceptors (Lipinski definition) is 4. The number of likely N-dealkylation sites (tertiary alicyclic amines) is 1. The number of carbonyl (C=O) groups excluding carboxylic acids is 1. The summed E-state index contributed by atoms with van der Waals surface area (Å²) in [6, 6.07) is 2.64. The summed E-state index contributed by atoms with van der Waals surface area (Å²) >= 11 is 0. The molecule has 0 radical (unpaired) electrons. The number of nitrogens with zero attached hydrogens (tertiary/aromatic N) is 3. The number of rotatable bonds is 2. The van der Waals surface area contributed by atoms with Crippen LogP contribution in [-0.4, -0.2) is 44.8 Å². The molecule has 0 aliphatic carbocycles. The standard InChI is InChI=1S/C12H15N3O4/c1-7-5-15(6-8(7)12(18)19)11(17)9-3-4-10(16)14(2)13-9/h3-4,7-8H,5-6H2,1-2H3,(H,18,19)/t7-,8-/m1/s1. The fourth-order valence-corrected chi connectivity index (χ4v) is 2.23. The normalized spacial score (nSPS) is 22.5. The number of aryl methyl sites for hydroxylation is 1. The van der Waals surface area contributed by atoms with Crippen LogP contribution in [-0.2, 0) is 11.8 Å². The lowest BCUT2D eigenvalue weighted by Gasteiger charge is -2.15. The topological polar surface area (TPSA) is 92.5 Å². The summed E-state index contributed by atoms with van der Waals surface area (Å²) in [5, 5.41) is 12.9. The molecule has 19 heavy (non-hydrogen) atoms. The molecule has 2 atom stereocenters. The molecule has 7 nitrogen and oxygen atoms in total. The van der Waals surface area contributed by atoms with Crippen molar-refractivity contribution in [1.29, 1.82) is 0 Å². The zero-order valence-corrected chi connectivity index (χ0v) is 10.7. The van der Waals surface area contributed by atoms with E-state index in [1.807, 2.05) is 0 Å². The van der Waals surface area contributed by atoms with Crippen molar-refractivity contribution in [1.82, 2.24) is 14.7 Å². The van der Waals surface area contributed by atoms with Crippen molar-refractivity contribution in [2.24, 2.45) is 18.9 Å². The van der Waals surface area contributed by atoms with E-state index in [0.717, 1.165) is 4.68 Å². The van der Waals surface area contributed by atoms with Gasteiger partial charge in [-0.2, -0.15) is 5.10 Å². The van der Waals surface area contributed by atoms with Crippen LogP contribution in [0.2, 0.25) is 0 Å². The van der Waals surface area contributed by atoms with Crippen LogP contribution in [0.4, 0.5) is 0 Å². The highest BCUT2D eigenvalue weighted by atomic mass is 16.4. The molecule has 102 valence electrons. The van der Waals surface area contributed by atoms with Crippen LogP contribution in [0, 0.1) is 11.8 Å². The number of carboxylic acid groups (broad SMARTS) is 1. The average Bonchev–Trinajstić information content (AvgIpc) is 2.74. The van der Waals surface area contributed by atoms with Gasteiger partial charge in [-0.1, -0.05) is 6.92 Å². The molecular weight excluding hydrogens is 250 g/mol. The molecule has 1 N–H and O–H groups in total. The van der Waals surface area contributed by atoms with Gasteiger partial charge in [0.1, 0.15) is 5.69 Å². The summed E-state index contributed by atoms with van der Waals surface area (Å²) in [4.78, 5) is 35.9. The van der Waals surface area contributed by atoms with Gasteiger partial charge >= 0.3 is 5.97 Å². The first-order valence-corrected chi connectivity index (χ1v) is 5.96. The molecule has 2 heterocycles. The third-order valence-electron chi connectivity index (χ3n) is 3.40. The summed E-state index contributed by atoms with van der Waals surface area (Å²) in [6.07, 6.45) is 0. The molecule has 1 aromatic heterocycles. The number of hydrogen-bond donors (Lipinski definition) is 1. The Kier molecular flexibility index (Phi) is 3.37. The predicted octanol–water partition coefficient (Wildman–Crippen LogP) is -0.427. The summed E-state index contributed by atoms with van der Waals surface area (Å²) in [7, 11) is 1.46. The van der Waals surface area contributed by atoms with E-state index in [0.29, 0.717) is 6.54 Å². The van der Waals surface area contributed by atoms with Crippen LogP contribution < -0.4 is 5.56 Å². The van der Waals surface area contributed by atoms with Crippen molar-refractivity contribution in [3.63, 3.8) is 0 Å². The lowest BCUT2D eigenvalue weighted by Crippen LogP contribution is -2.32. The average molecular weight is 265 g/mol. The molecular formula is C12H15N3O4. The third kappa shape index (κ3) is 2.49. The van der Waals surface area contributed by atoms with Gasteiger partial charge in [-0.3, -0.25) is 14.4 Å². The Labute approximate surface area is 109 Å². The number of aromatic nitrogens is 2. The monoisotopic (exact) mass is 265 g/mol. The van der Waals surface area contributed by atoms with Crippen LogP contribution in [0.3, 0.4) is 0 Å². The molecule has 1 aromatic rings. The minimum absolute atomic E-state index is 0.0889. The van der Waals surface area contributed by atoms with Crippen molar-refractivity contribution in [3.8, 4) is 0 Å². The van der Waals surface area contributed by atoms with Gasteiger partial charge in [0.2, 0.25) is 0 Å². The molecule has 0 unspecified atom stereocenters. The quantitative estimate of drug-likeness (QED) is 0.783. The summed E-state index contributed by atoms with van der Waals surface area (Å²) in [5.41, 5.74) is -0.143. The fourth-order valence-electron chi connectivity index (χ4n) is 2.23. The van der Waals surface area contributed by atoms with Crippen LogP contribution in [0.25, 0.3) is 0 Å². The number of aliphatic carboxylic acids is 1. The zero-order valence-electron chi connectivity index (χ0n) is 10.7. The zero-order chi connectivity index (χ0) is 14.2. The summed E-state index contributed by atoms with van der Waals surface area (Å²) in [5.74, 6) is -1.87. The van der Waals surface area contributed by atoms with Gasteiger partial charge < -0.3 is 10.0 Å². The van der Waals surface area contributed by atoms with Crippen molar-refractivity contribution in [3.05, 3.63) is 28.2 Å². The van der Waals surface area contributed by atoms with Gasteiger partial charge in [-0.15, -0.1) is 0 Å². The molecule has 7 heteroatoms. The molecule has 1 fully saturated rings. The second-order valence-electron chi connectivity index (χ2n) is 4.81. The van der Waals surface area contributed by atoms with E-state index >= 15 is 0 Å². The van der Waals surface area contributed by atoms with Crippen molar-refractivity contribution >= 4 is 11.9 Å². The summed E-state index contributed by atoms with van der Waals surface area (Å²) < 4.78 is 1.08. The molecule has 0 aromatic carbocycles. The van der Waals surface area contributed by atoms with E-state index < -0.39 is 11.9 Å². The van der Waals surface area contributed by atoms with Gasteiger partial charge in [-0.25, -0.2) is 4.68 Å². The Balaban J connectivity index is 2.19. The molecule has 0 spiro atoms. The van der Waals surface area contributed by atoms with Crippen LogP contribution >= 0.6 is 0 Å². The van der Waals surface area contributed by atoms with Gasteiger partial charge in [0, 0.05) is 26.2 Å². The van der Waals surface area contributed by atoms with E-state index in [9.17, 15) is 14.4 Å². The van der Waals surface area contributed by atoms with E-state index in [1.165, 1.54) is 24.1 Å². The maximum Gasteiger partial charge on any atom is 0.308 e. The Morgan fingerprint density at radius 1 is 1.37 bits per heavy atom. The molecule has 0 saturated carbocycles. The lowest BCUT2D eigenvalue weighted by molar-refractivity contribution is -0.142. The van der Waals surface area contributed by atoms with Crippen molar-refractivity contribution < 1.29 is 14.7 Å². The van der Waals surface area contributed by atoms with Gasteiger partial charge in [-0.05, 0) is 12.0 Å². The first kappa shape index (κ1) is 13.3. The van der Waals surface area contributed by atoms with E-state index in [1.54, 1.807) is 6.92 Å². The molecule has 1 saturated heterocycles. The number of amides is 1. The van der Waals surface area contributed by atoms with Crippen LogP contribution in [0.1, 0.15) is 17.4 Å². The molecule has 2 rings (SSSR count). The van der Waals surface area contributed by atoms with Crippen LogP contribution in [0.5, 0.6) is 0 Å². The highest BCUT2D eigenvalue weighted by molar-refractivity contribution is 5.92. The van der Waals surface area contributed by atoms with Crippen molar-refractivity contribution in [2.75, 3.05) is 13.1 Å². The highest BCUT2D eigenvalue weighted by Crippen LogP contribution is 2.24. The first-order chi connectivity index (χ1) is 8.90. The first-order valence-electron chi connectivity index (χ1n) is 5.96. The summed E-state index contributed by atoms with van der Waals surface area (Å²) in [6.45, 7) is 2.38. The highest BCUT2D eigenvalue weighted by Gasteiger charge is 2.37.